The van der Waals surface area contributed by atoms with Crippen LogP contribution in [0.15, 0.2) is 70.5 Å². The number of halogens is 1. The van der Waals surface area contributed by atoms with Gasteiger partial charge in [-0.2, -0.15) is 4.98 Å². The van der Waals surface area contributed by atoms with Gasteiger partial charge in [-0.15, -0.1) is 0 Å². The van der Waals surface area contributed by atoms with Gasteiger partial charge in [0.15, 0.2) is 11.5 Å². The van der Waals surface area contributed by atoms with Gasteiger partial charge in [0.2, 0.25) is 0 Å². The third kappa shape index (κ3) is 4.68. The van der Waals surface area contributed by atoms with Crippen molar-refractivity contribution in [3.63, 3.8) is 0 Å². The molecule has 9 heteroatoms. The maximum absolute atomic E-state index is 13.5. The van der Waals surface area contributed by atoms with Crippen LogP contribution in [-0.2, 0) is 6.54 Å². The number of ether oxygens (including phenoxy) is 2. The lowest BCUT2D eigenvalue weighted by Gasteiger charge is -2.23. The summed E-state index contributed by atoms with van der Waals surface area (Å²) in [6.45, 7) is 6.00. The van der Waals surface area contributed by atoms with Gasteiger partial charge in [-0.1, -0.05) is 55.8 Å². The monoisotopic (exact) mass is 596 g/mol. The van der Waals surface area contributed by atoms with Crippen molar-refractivity contribution >= 4 is 40.3 Å². The highest BCUT2D eigenvalue weighted by atomic mass is 35.5. The van der Waals surface area contributed by atoms with Crippen LogP contribution < -0.4 is 15.2 Å². The Morgan fingerprint density at radius 1 is 1.02 bits per heavy atom. The highest BCUT2D eigenvalue weighted by Crippen LogP contribution is 2.64. The number of carbonyl (C=O) groups is 1. The molecule has 0 N–H and O–H groups in total. The molecule has 2 aliphatic heterocycles. The van der Waals surface area contributed by atoms with Crippen molar-refractivity contribution in [3.05, 3.63) is 81.7 Å². The van der Waals surface area contributed by atoms with Gasteiger partial charge in [0.25, 0.3) is 5.91 Å². The molecule has 1 aliphatic carbocycles. The number of aliphatic imine (C=N–C) groups is 1. The van der Waals surface area contributed by atoms with Gasteiger partial charge in [-0.3, -0.25) is 14.4 Å². The minimum Gasteiger partial charge on any atom is -0.493 e. The number of benzene rings is 3. The number of amides is 1. The van der Waals surface area contributed by atoms with Crippen LogP contribution >= 0.6 is 11.6 Å². The van der Waals surface area contributed by atoms with E-state index in [2.05, 4.69) is 23.8 Å². The Morgan fingerprint density at radius 2 is 1.84 bits per heavy atom. The summed E-state index contributed by atoms with van der Waals surface area (Å²) >= 11 is 6.40. The molecule has 4 aromatic rings. The van der Waals surface area contributed by atoms with Gasteiger partial charge in [-0.05, 0) is 48.9 Å². The molecule has 2 unspecified atom stereocenters. The van der Waals surface area contributed by atoms with E-state index in [1.54, 1.807) is 17.7 Å². The molecule has 8 nitrogen and oxygen atoms in total. The molecule has 220 valence electrons. The van der Waals surface area contributed by atoms with Gasteiger partial charge < -0.3 is 14.4 Å². The highest BCUT2D eigenvalue weighted by Gasteiger charge is 2.61. The van der Waals surface area contributed by atoms with Crippen LogP contribution in [0.2, 0.25) is 5.02 Å². The Hall–Kier alpha value is -4.17. The Labute approximate surface area is 254 Å². The summed E-state index contributed by atoms with van der Waals surface area (Å²) in [6.07, 6.45) is 4.65. The zero-order valence-electron chi connectivity index (χ0n) is 24.5. The standard InChI is InChI=1S/C34H33ClN4O4/c1-33(19-39-27-12-11-22(35)14-25(27)30(37-32(39)41)21-8-5-4-6-9-21)18-34(33,2)20-43-29-16-26-24(15-28(29)42-3)31(40)38-13-7-10-23(38)17-36-26/h4-6,8-9,11-12,14-17,23H,7,10,13,18-20H2,1-3H3/t23-,33?,34?/m0/s1. The molecular weight excluding hydrogens is 564 g/mol. The predicted molar refractivity (Wildman–Crippen MR) is 168 cm³/mol. The van der Waals surface area contributed by atoms with Gasteiger partial charge in [0.05, 0.1) is 42.2 Å². The van der Waals surface area contributed by atoms with Gasteiger partial charge in [0.1, 0.15) is 0 Å². The molecule has 1 saturated heterocycles. The summed E-state index contributed by atoms with van der Waals surface area (Å²) in [6, 6.07) is 18.9. The molecule has 0 radical (unpaired) electrons. The van der Waals surface area contributed by atoms with Gasteiger partial charge >= 0.3 is 5.69 Å². The first-order valence-corrected chi connectivity index (χ1v) is 15.0. The van der Waals surface area contributed by atoms with E-state index in [-0.39, 0.29) is 28.5 Å². The Bertz CT molecular complexity index is 1860. The average molecular weight is 597 g/mol. The number of rotatable bonds is 7. The molecule has 0 bridgehead atoms. The molecule has 2 fully saturated rings. The van der Waals surface area contributed by atoms with Crippen LogP contribution in [0.1, 0.15) is 43.5 Å². The first-order valence-electron chi connectivity index (χ1n) is 14.7. The Kier molecular flexibility index (Phi) is 6.58. The SMILES string of the molecule is COc1cc2c(cc1OCC1(C)CC1(C)Cn1c(=O)nc(-c3ccccc3)c3cc(Cl)ccc31)N=C[C@@H]1CCCN1C2=O. The highest BCUT2D eigenvalue weighted by molar-refractivity contribution is 6.31. The lowest BCUT2D eigenvalue weighted by Crippen LogP contribution is -2.35. The van der Waals surface area contributed by atoms with E-state index < -0.39 is 0 Å². The molecule has 43 heavy (non-hydrogen) atoms. The zero-order valence-corrected chi connectivity index (χ0v) is 25.2. The minimum atomic E-state index is -0.291. The number of fused-ring (bicyclic) bond motifs is 3. The quantitative estimate of drug-likeness (QED) is 0.242. The fraction of sp³-hybridized carbons (Fsp3) is 0.353. The van der Waals surface area contributed by atoms with Crippen molar-refractivity contribution in [1.82, 2.24) is 14.5 Å². The van der Waals surface area contributed by atoms with E-state index in [0.717, 1.165) is 42.3 Å². The summed E-state index contributed by atoms with van der Waals surface area (Å²) in [5.74, 6) is 1.04. The summed E-state index contributed by atoms with van der Waals surface area (Å²) in [7, 11) is 1.58. The molecule has 1 aromatic heterocycles. The summed E-state index contributed by atoms with van der Waals surface area (Å²) < 4.78 is 13.8. The van der Waals surface area contributed by atoms with E-state index in [0.29, 0.717) is 46.6 Å². The first-order chi connectivity index (χ1) is 20.7. The van der Waals surface area contributed by atoms with Crippen molar-refractivity contribution in [2.45, 2.75) is 45.7 Å². The zero-order chi connectivity index (χ0) is 29.9. The van der Waals surface area contributed by atoms with Crippen molar-refractivity contribution in [1.29, 1.82) is 0 Å². The molecule has 3 aliphatic rings. The van der Waals surface area contributed by atoms with Crippen LogP contribution in [-0.4, -0.2) is 52.9 Å². The number of hydrogen-bond acceptors (Lipinski definition) is 6. The second-order valence-corrected chi connectivity index (χ2v) is 12.9. The largest absolute Gasteiger partial charge is 0.493 e. The Balaban J connectivity index is 1.16. The van der Waals surface area contributed by atoms with Crippen molar-refractivity contribution in [2.24, 2.45) is 15.8 Å². The third-order valence-corrected chi connectivity index (χ3v) is 9.85. The molecule has 3 heterocycles. The van der Waals surface area contributed by atoms with Crippen LogP contribution in [0.5, 0.6) is 11.5 Å². The lowest BCUT2D eigenvalue weighted by atomic mass is 9.96. The second kappa shape index (κ2) is 10.2. The molecule has 1 saturated carbocycles. The fourth-order valence-electron chi connectivity index (χ4n) is 6.72. The number of carbonyl (C=O) groups excluding carboxylic acids is 1. The minimum absolute atomic E-state index is 0.0209. The normalized spacial score (nSPS) is 24.0. The third-order valence-electron chi connectivity index (χ3n) is 9.61. The summed E-state index contributed by atoms with van der Waals surface area (Å²) in [5, 5.41) is 1.43. The van der Waals surface area contributed by atoms with Crippen molar-refractivity contribution < 1.29 is 14.3 Å². The molecule has 7 rings (SSSR count). The maximum Gasteiger partial charge on any atom is 0.348 e. The van der Waals surface area contributed by atoms with E-state index in [4.69, 9.17) is 21.1 Å². The van der Waals surface area contributed by atoms with E-state index in [9.17, 15) is 9.59 Å². The molecular formula is C34H33ClN4O4. The molecule has 3 aromatic carbocycles. The molecule has 1 amide bonds. The average Bonchev–Trinajstić information content (AvgIpc) is 3.31. The molecule has 0 spiro atoms. The lowest BCUT2D eigenvalue weighted by molar-refractivity contribution is 0.0774. The van der Waals surface area contributed by atoms with Crippen LogP contribution in [0.25, 0.3) is 22.2 Å². The van der Waals surface area contributed by atoms with Crippen LogP contribution in [0, 0.1) is 10.8 Å². The van der Waals surface area contributed by atoms with E-state index in [1.807, 2.05) is 65.7 Å². The van der Waals surface area contributed by atoms with E-state index >= 15 is 0 Å². The van der Waals surface area contributed by atoms with Crippen molar-refractivity contribution in [3.8, 4) is 22.8 Å². The van der Waals surface area contributed by atoms with E-state index in [1.165, 1.54) is 0 Å². The van der Waals surface area contributed by atoms with Crippen LogP contribution in [0.3, 0.4) is 0 Å². The first kappa shape index (κ1) is 27.7. The number of nitrogens with zero attached hydrogens (tertiary/aromatic N) is 4. The van der Waals surface area contributed by atoms with Crippen LogP contribution in [0.4, 0.5) is 5.69 Å². The van der Waals surface area contributed by atoms with Gasteiger partial charge in [0, 0.05) is 46.8 Å². The molecule has 3 atom stereocenters. The predicted octanol–water partition coefficient (Wildman–Crippen LogP) is 6.54. The number of aromatic nitrogens is 2. The Morgan fingerprint density at radius 3 is 2.63 bits per heavy atom. The second-order valence-electron chi connectivity index (χ2n) is 12.4. The maximum atomic E-state index is 13.5. The van der Waals surface area contributed by atoms with Crippen molar-refractivity contribution in [2.75, 3.05) is 20.3 Å². The number of methoxy groups -OCH3 is 1. The summed E-state index contributed by atoms with van der Waals surface area (Å²) in [5.41, 5.74) is 2.72. The smallest absolute Gasteiger partial charge is 0.348 e. The van der Waals surface area contributed by atoms with Gasteiger partial charge in [-0.25, -0.2) is 4.79 Å². The fourth-order valence-corrected chi connectivity index (χ4v) is 6.89. The number of hydrogen-bond donors (Lipinski definition) is 0. The topological polar surface area (TPSA) is 86.0 Å². The summed E-state index contributed by atoms with van der Waals surface area (Å²) in [4.78, 5) is 37.8.